The second-order valence-corrected chi connectivity index (χ2v) is 10.8. The zero-order valence-corrected chi connectivity index (χ0v) is 20.7. The first-order chi connectivity index (χ1) is 15.8. The predicted octanol–water partition coefficient (Wildman–Crippen LogP) is 4.88. The lowest BCUT2D eigenvalue weighted by Crippen LogP contribution is -2.40. The van der Waals surface area contributed by atoms with Crippen LogP contribution in [0.5, 0.6) is 0 Å². The van der Waals surface area contributed by atoms with E-state index in [0.717, 1.165) is 11.1 Å². The molecule has 0 unspecified atom stereocenters. The molecule has 8 heteroatoms. The SMILES string of the molecule is Cc1ccc(S(=O)(=O)Nc2ccc(C(=O)Nc3ccc(C(=O)NC(C)(C)C)cc3)cc2)cc1C. The fourth-order valence-electron chi connectivity index (χ4n) is 3.11. The third kappa shape index (κ3) is 6.45. The van der Waals surface area contributed by atoms with Gasteiger partial charge in [0.05, 0.1) is 4.90 Å². The molecule has 3 rings (SSSR count). The van der Waals surface area contributed by atoms with E-state index in [-0.39, 0.29) is 22.2 Å². The van der Waals surface area contributed by atoms with Gasteiger partial charge in [0.2, 0.25) is 0 Å². The molecule has 0 saturated carbocycles. The molecule has 0 saturated heterocycles. The standard InChI is InChI=1S/C26H29N3O4S/c1-17-6-15-23(16-18(17)2)34(32,33)29-22-13-9-19(10-14-22)24(30)27-21-11-7-20(8-12-21)25(31)28-26(3,4)5/h6-16,29H,1-5H3,(H,27,30)(H,28,31). The first-order valence-electron chi connectivity index (χ1n) is 10.8. The number of hydrogen-bond acceptors (Lipinski definition) is 4. The predicted molar refractivity (Wildman–Crippen MR) is 135 cm³/mol. The molecule has 0 aromatic heterocycles. The maximum Gasteiger partial charge on any atom is 0.261 e. The van der Waals surface area contributed by atoms with Crippen molar-refractivity contribution >= 4 is 33.2 Å². The summed E-state index contributed by atoms with van der Waals surface area (Å²) in [4.78, 5) is 25.0. The molecule has 0 bridgehead atoms. The quantitative estimate of drug-likeness (QED) is 0.468. The minimum absolute atomic E-state index is 0.178. The zero-order chi connectivity index (χ0) is 25.1. The Hall–Kier alpha value is -3.65. The van der Waals surface area contributed by atoms with Crippen LogP contribution in [-0.4, -0.2) is 25.8 Å². The first kappa shape index (κ1) is 25.0. The van der Waals surface area contributed by atoms with Crippen molar-refractivity contribution < 1.29 is 18.0 Å². The van der Waals surface area contributed by atoms with Crippen LogP contribution >= 0.6 is 0 Å². The molecule has 3 aromatic carbocycles. The summed E-state index contributed by atoms with van der Waals surface area (Å²) in [6.45, 7) is 9.48. The summed E-state index contributed by atoms with van der Waals surface area (Å²) in [5, 5.41) is 5.65. The van der Waals surface area contributed by atoms with Crippen LogP contribution in [0.15, 0.2) is 71.6 Å². The van der Waals surface area contributed by atoms with Crippen molar-refractivity contribution in [2.24, 2.45) is 0 Å². The van der Waals surface area contributed by atoms with Crippen molar-refractivity contribution in [1.29, 1.82) is 0 Å². The molecule has 0 heterocycles. The molecule has 7 nitrogen and oxygen atoms in total. The van der Waals surface area contributed by atoms with Crippen molar-refractivity contribution in [2.75, 3.05) is 10.0 Å². The van der Waals surface area contributed by atoms with Crippen molar-refractivity contribution in [2.45, 2.75) is 45.1 Å². The number of hydrogen-bond donors (Lipinski definition) is 3. The molecule has 178 valence electrons. The van der Waals surface area contributed by atoms with E-state index < -0.39 is 10.0 Å². The van der Waals surface area contributed by atoms with Gasteiger partial charge in [-0.1, -0.05) is 6.07 Å². The van der Waals surface area contributed by atoms with Gasteiger partial charge in [-0.05, 0) is 106 Å². The van der Waals surface area contributed by atoms with Gasteiger partial charge in [0.15, 0.2) is 0 Å². The molecule has 0 spiro atoms. The van der Waals surface area contributed by atoms with E-state index in [2.05, 4.69) is 15.4 Å². The molecule has 0 radical (unpaired) electrons. The van der Waals surface area contributed by atoms with E-state index in [0.29, 0.717) is 22.5 Å². The van der Waals surface area contributed by atoms with Crippen molar-refractivity contribution in [3.05, 3.63) is 89.0 Å². The van der Waals surface area contributed by atoms with E-state index in [1.807, 2.05) is 34.6 Å². The number of carbonyl (C=O) groups excluding carboxylic acids is 2. The smallest absolute Gasteiger partial charge is 0.261 e. The van der Waals surface area contributed by atoms with Gasteiger partial charge in [0, 0.05) is 28.0 Å². The van der Waals surface area contributed by atoms with Gasteiger partial charge in [-0.15, -0.1) is 0 Å². The highest BCUT2D eigenvalue weighted by molar-refractivity contribution is 7.92. The summed E-state index contributed by atoms with van der Waals surface area (Å²) in [5.74, 6) is -0.542. The number of sulfonamides is 1. The van der Waals surface area contributed by atoms with Crippen LogP contribution < -0.4 is 15.4 Å². The summed E-state index contributed by atoms with van der Waals surface area (Å²) in [6, 6.07) is 17.7. The average Bonchev–Trinajstić information content (AvgIpc) is 2.75. The monoisotopic (exact) mass is 479 g/mol. The van der Waals surface area contributed by atoms with Gasteiger partial charge < -0.3 is 10.6 Å². The van der Waals surface area contributed by atoms with E-state index in [1.54, 1.807) is 54.6 Å². The summed E-state index contributed by atoms with van der Waals surface area (Å²) >= 11 is 0. The average molecular weight is 480 g/mol. The third-order valence-corrected chi connectivity index (χ3v) is 6.46. The Morgan fingerprint density at radius 1 is 0.706 bits per heavy atom. The topological polar surface area (TPSA) is 104 Å². The third-order valence-electron chi connectivity index (χ3n) is 5.08. The van der Waals surface area contributed by atoms with Crippen LogP contribution in [0.4, 0.5) is 11.4 Å². The van der Waals surface area contributed by atoms with Crippen LogP contribution in [0.3, 0.4) is 0 Å². The Balaban J connectivity index is 1.65. The lowest BCUT2D eigenvalue weighted by atomic mass is 10.1. The molecule has 34 heavy (non-hydrogen) atoms. The maximum absolute atomic E-state index is 12.7. The summed E-state index contributed by atoms with van der Waals surface area (Å²) < 4.78 is 27.8. The number of rotatable bonds is 6. The number of nitrogens with one attached hydrogen (secondary N) is 3. The molecule has 0 aliphatic heterocycles. The Labute approximate surface area is 200 Å². The lowest BCUT2D eigenvalue weighted by molar-refractivity contribution is 0.0919. The molecule has 3 aromatic rings. The lowest BCUT2D eigenvalue weighted by Gasteiger charge is -2.20. The number of carbonyl (C=O) groups is 2. The minimum atomic E-state index is -3.74. The highest BCUT2D eigenvalue weighted by Gasteiger charge is 2.17. The van der Waals surface area contributed by atoms with E-state index in [4.69, 9.17) is 0 Å². The van der Waals surface area contributed by atoms with Crippen molar-refractivity contribution in [1.82, 2.24) is 5.32 Å². The number of benzene rings is 3. The second kappa shape index (κ2) is 9.69. The van der Waals surface area contributed by atoms with Crippen LogP contribution in [0.1, 0.15) is 52.6 Å². The van der Waals surface area contributed by atoms with Crippen LogP contribution in [-0.2, 0) is 10.0 Å². The fraction of sp³-hybridized carbons (Fsp3) is 0.231. The van der Waals surface area contributed by atoms with E-state index in [1.165, 1.54) is 12.1 Å². The van der Waals surface area contributed by atoms with Crippen molar-refractivity contribution in [3.8, 4) is 0 Å². The molecule has 2 amide bonds. The summed E-state index contributed by atoms with van der Waals surface area (Å²) in [7, 11) is -3.74. The van der Waals surface area contributed by atoms with E-state index in [9.17, 15) is 18.0 Å². The van der Waals surface area contributed by atoms with Crippen LogP contribution in [0.2, 0.25) is 0 Å². The molecule has 0 aliphatic carbocycles. The number of anilines is 2. The molecule has 3 N–H and O–H groups in total. The summed E-state index contributed by atoms with van der Waals surface area (Å²) in [6.07, 6.45) is 0. The molecular formula is C26H29N3O4S. The zero-order valence-electron chi connectivity index (χ0n) is 19.9. The van der Waals surface area contributed by atoms with Gasteiger partial charge in [-0.3, -0.25) is 14.3 Å². The molecule has 0 fully saturated rings. The highest BCUT2D eigenvalue weighted by atomic mass is 32.2. The van der Waals surface area contributed by atoms with Gasteiger partial charge >= 0.3 is 0 Å². The largest absolute Gasteiger partial charge is 0.347 e. The van der Waals surface area contributed by atoms with Gasteiger partial charge in [-0.25, -0.2) is 8.42 Å². The Morgan fingerprint density at radius 2 is 1.24 bits per heavy atom. The normalized spacial score (nSPS) is 11.6. The Kier molecular flexibility index (Phi) is 7.12. The second-order valence-electron chi connectivity index (χ2n) is 9.16. The van der Waals surface area contributed by atoms with Crippen LogP contribution in [0.25, 0.3) is 0 Å². The Morgan fingerprint density at radius 3 is 1.76 bits per heavy atom. The number of aryl methyl sites for hydroxylation is 2. The fourth-order valence-corrected chi connectivity index (χ4v) is 4.25. The molecular weight excluding hydrogens is 450 g/mol. The van der Waals surface area contributed by atoms with Gasteiger partial charge in [-0.2, -0.15) is 0 Å². The van der Waals surface area contributed by atoms with Gasteiger partial charge in [0.1, 0.15) is 0 Å². The highest BCUT2D eigenvalue weighted by Crippen LogP contribution is 2.20. The maximum atomic E-state index is 12.7. The Bertz CT molecular complexity index is 1310. The van der Waals surface area contributed by atoms with Crippen LogP contribution in [0, 0.1) is 13.8 Å². The minimum Gasteiger partial charge on any atom is -0.347 e. The first-order valence-corrected chi connectivity index (χ1v) is 12.3. The van der Waals surface area contributed by atoms with Gasteiger partial charge in [0.25, 0.3) is 21.8 Å². The molecule has 0 aliphatic rings. The summed E-state index contributed by atoms with van der Waals surface area (Å²) in [5.41, 5.74) is 3.30. The molecule has 0 atom stereocenters. The van der Waals surface area contributed by atoms with E-state index >= 15 is 0 Å². The van der Waals surface area contributed by atoms with Crippen molar-refractivity contribution in [3.63, 3.8) is 0 Å². The number of amides is 2.